The van der Waals surface area contributed by atoms with Crippen LogP contribution >= 0.6 is 11.8 Å². The van der Waals surface area contributed by atoms with E-state index in [-0.39, 0.29) is 0 Å². The molecule has 3 nitrogen and oxygen atoms in total. The molecule has 0 aliphatic heterocycles. The van der Waals surface area contributed by atoms with Gasteiger partial charge >= 0.3 is 0 Å². The standard InChI is InChI=1S/C18H19N3S/c1-12-8-9-15(14(3)10-12)11-22-18-19-17(20-21-18)16-7-5-4-6-13(16)2/h4-10H,11H2,1-3H3,(H,19,20,21). The Bertz CT molecular complexity index is 793. The van der Waals surface area contributed by atoms with E-state index in [2.05, 4.69) is 66.3 Å². The number of nitrogens with one attached hydrogen (secondary N) is 1. The van der Waals surface area contributed by atoms with Crippen LogP contribution in [0.1, 0.15) is 22.3 Å². The summed E-state index contributed by atoms with van der Waals surface area (Å²) >= 11 is 1.66. The van der Waals surface area contributed by atoms with Gasteiger partial charge in [-0.05, 0) is 37.5 Å². The van der Waals surface area contributed by atoms with Crippen LogP contribution in [0.3, 0.4) is 0 Å². The van der Waals surface area contributed by atoms with E-state index in [1.54, 1.807) is 11.8 Å². The molecule has 0 atom stereocenters. The number of aromatic amines is 1. The molecule has 22 heavy (non-hydrogen) atoms. The van der Waals surface area contributed by atoms with Gasteiger partial charge in [0, 0.05) is 11.3 Å². The van der Waals surface area contributed by atoms with Crippen LogP contribution in [0.2, 0.25) is 0 Å². The Balaban J connectivity index is 1.74. The Kier molecular flexibility index (Phi) is 4.29. The first-order valence-electron chi connectivity index (χ1n) is 7.31. The van der Waals surface area contributed by atoms with Gasteiger partial charge in [0.2, 0.25) is 5.16 Å². The summed E-state index contributed by atoms with van der Waals surface area (Å²) in [5.74, 6) is 1.72. The SMILES string of the molecule is Cc1ccc(CSc2n[nH]c(-c3ccccc3C)n2)c(C)c1. The third-order valence-electron chi connectivity index (χ3n) is 3.72. The zero-order chi connectivity index (χ0) is 15.5. The minimum Gasteiger partial charge on any atom is -0.258 e. The molecular weight excluding hydrogens is 290 g/mol. The van der Waals surface area contributed by atoms with Gasteiger partial charge in [-0.25, -0.2) is 4.98 Å². The van der Waals surface area contributed by atoms with Gasteiger partial charge in [-0.15, -0.1) is 5.10 Å². The zero-order valence-corrected chi connectivity index (χ0v) is 13.9. The molecule has 0 aliphatic carbocycles. The number of thioether (sulfide) groups is 1. The first-order chi connectivity index (χ1) is 10.6. The van der Waals surface area contributed by atoms with E-state index in [1.165, 1.54) is 22.3 Å². The molecule has 1 N–H and O–H groups in total. The number of aromatic nitrogens is 3. The van der Waals surface area contributed by atoms with Crippen molar-refractivity contribution in [3.63, 3.8) is 0 Å². The molecule has 112 valence electrons. The molecule has 0 saturated heterocycles. The van der Waals surface area contributed by atoms with Crippen molar-refractivity contribution in [3.8, 4) is 11.4 Å². The fraction of sp³-hybridized carbons (Fsp3) is 0.222. The highest BCUT2D eigenvalue weighted by molar-refractivity contribution is 7.98. The Morgan fingerprint density at radius 1 is 1.00 bits per heavy atom. The van der Waals surface area contributed by atoms with Crippen molar-refractivity contribution in [1.82, 2.24) is 15.2 Å². The molecule has 4 heteroatoms. The topological polar surface area (TPSA) is 41.6 Å². The van der Waals surface area contributed by atoms with Gasteiger partial charge in [-0.1, -0.05) is 59.8 Å². The van der Waals surface area contributed by atoms with Gasteiger partial charge in [-0.3, -0.25) is 5.10 Å². The fourth-order valence-corrected chi connectivity index (χ4v) is 3.29. The number of aryl methyl sites for hydroxylation is 3. The van der Waals surface area contributed by atoms with Crippen LogP contribution in [0, 0.1) is 20.8 Å². The average molecular weight is 309 g/mol. The minimum absolute atomic E-state index is 0.790. The molecule has 0 fully saturated rings. The van der Waals surface area contributed by atoms with Crippen LogP contribution in [0.25, 0.3) is 11.4 Å². The number of H-pyrrole nitrogens is 1. The van der Waals surface area contributed by atoms with Crippen molar-refractivity contribution in [2.24, 2.45) is 0 Å². The Labute approximate surface area is 135 Å². The third-order valence-corrected chi connectivity index (χ3v) is 4.62. The van der Waals surface area contributed by atoms with E-state index in [0.717, 1.165) is 22.3 Å². The summed E-state index contributed by atoms with van der Waals surface area (Å²) in [6.45, 7) is 6.35. The Morgan fingerprint density at radius 3 is 2.59 bits per heavy atom. The summed E-state index contributed by atoms with van der Waals surface area (Å²) < 4.78 is 0. The Morgan fingerprint density at radius 2 is 1.82 bits per heavy atom. The highest BCUT2D eigenvalue weighted by Gasteiger charge is 2.09. The summed E-state index contributed by atoms with van der Waals surface area (Å²) in [4.78, 5) is 4.60. The van der Waals surface area contributed by atoms with Crippen molar-refractivity contribution in [1.29, 1.82) is 0 Å². The molecule has 0 aliphatic rings. The first kappa shape index (κ1) is 14.9. The molecule has 1 aromatic heterocycles. The normalized spacial score (nSPS) is 10.9. The molecule has 1 heterocycles. The molecule has 0 bridgehead atoms. The van der Waals surface area contributed by atoms with Gasteiger partial charge in [-0.2, -0.15) is 0 Å². The lowest BCUT2D eigenvalue weighted by Crippen LogP contribution is -1.88. The third kappa shape index (κ3) is 3.22. The lowest BCUT2D eigenvalue weighted by molar-refractivity contribution is 0.973. The van der Waals surface area contributed by atoms with Gasteiger partial charge in [0.05, 0.1) is 0 Å². The second-order valence-electron chi connectivity index (χ2n) is 5.50. The van der Waals surface area contributed by atoms with E-state index in [9.17, 15) is 0 Å². The summed E-state index contributed by atoms with van der Waals surface area (Å²) in [6.07, 6.45) is 0. The van der Waals surface area contributed by atoms with Crippen LogP contribution in [-0.2, 0) is 5.75 Å². The number of hydrogen-bond donors (Lipinski definition) is 1. The maximum atomic E-state index is 4.60. The van der Waals surface area contributed by atoms with E-state index >= 15 is 0 Å². The predicted octanol–water partition coefficient (Wildman–Crippen LogP) is 4.69. The van der Waals surface area contributed by atoms with E-state index in [0.29, 0.717) is 0 Å². The summed E-state index contributed by atoms with van der Waals surface area (Å²) in [5, 5.41) is 8.15. The summed E-state index contributed by atoms with van der Waals surface area (Å²) in [6, 6.07) is 14.8. The monoisotopic (exact) mass is 309 g/mol. The van der Waals surface area contributed by atoms with E-state index in [4.69, 9.17) is 0 Å². The van der Waals surface area contributed by atoms with Gasteiger partial charge in [0.25, 0.3) is 0 Å². The number of hydrogen-bond acceptors (Lipinski definition) is 3. The second-order valence-corrected chi connectivity index (χ2v) is 6.44. The molecule has 2 aromatic carbocycles. The van der Waals surface area contributed by atoms with Crippen LogP contribution in [-0.4, -0.2) is 15.2 Å². The van der Waals surface area contributed by atoms with Crippen LogP contribution in [0.15, 0.2) is 47.6 Å². The predicted molar refractivity (Wildman–Crippen MR) is 92.0 cm³/mol. The zero-order valence-electron chi connectivity index (χ0n) is 13.1. The second kappa shape index (κ2) is 6.36. The summed E-state index contributed by atoms with van der Waals surface area (Å²) in [5.41, 5.74) is 6.25. The lowest BCUT2D eigenvalue weighted by atomic mass is 10.1. The number of benzene rings is 2. The minimum atomic E-state index is 0.790. The molecule has 0 saturated carbocycles. The van der Waals surface area contributed by atoms with Crippen LogP contribution in [0.4, 0.5) is 0 Å². The maximum absolute atomic E-state index is 4.60. The van der Waals surface area contributed by atoms with Crippen molar-refractivity contribution in [2.45, 2.75) is 31.7 Å². The highest BCUT2D eigenvalue weighted by atomic mass is 32.2. The van der Waals surface area contributed by atoms with Crippen molar-refractivity contribution in [3.05, 3.63) is 64.7 Å². The Hall–Kier alpha value is -2.07. The van der Waals surface area contributed by atoms with Crippen molar-refractivity contribution < 1.29 is 0 Å². The average Bonchev–Trinajstić information content (AvgIpc) is 2.95. The van der Waals surface area contributed by atoms with E-state index in [1.807, 2.05) is 12.1 Å². The molecule has 0 unspecified atom stereocenters. The maximum Gasteiger partial charge on any atom is 0.209 e. The molecule has 0 spiro atoms. The smallest absolute Gasteiger partial charge is 0.209 e. The molecule has 0 radical (unpaired) electrons. The van der Waals surface area contributed by atoms with Crippen molar-refractivity contribution in [2.75, 3.05) is 0 Å². The molecule has 3 aromatic rings. The number of nitrogens with zero attached hydrogens (tertiary/aromatic N) is 2. The largest absolute Gasteiger partial charge is 0.258 e. The van der Waals surface area contributed by atoms with E-state index < -0.39 is 0 Å². The number of rotatable bonds is 4. The fourth-order valence-electron chi connectivity index (χ4n) is 2.42. The van der Waals surface area contributed by atoms with Gasteiger partial charge < -0.3 is 0 Å². The van der Waals surface area contributed by atoms with Crippen molar-refractivity contribution >= 4 is 11.8 Å². The molecule has 3 rings (SSSR count). The highest BCUT2D eigenvalue weighted by Crippen LogP contribution is 2.25. The molecular formula is C18H19N3S. The van der Waals surface area contributed by atoms with Gasteiger partial charge in [0.1, 0.15) is 0 Å². The lowest BCUT2D eigenvalue weighted by Gasteiger charge is -2.04. The quantitative estimate of drug-likeness (QED) is 0.711. The summed E-state index contributed by atoms with van der Waals surface area (Å²) in [7, 11) is 0. The van der Waals surface area contributed by atoms with Crippen LogP contribution < -0.4 is 0 Å². The first-order valence-corrected chi connectivity index (χ1v) is 8.29. The van der Waals surface area contributed by atoms with Gasteiger partial charge in [0.15, 0.2) is 5.82 Å². The van der Waals surface area contributed by atoms with Crippen LogP contribution in [0.5, 0.6) is 0 Å². The molecule has 0 amide bonds.